The summed E-state index contributed by atoms with van der Waals surface area (Å²) in [7, 11) is 0. The second kappa shape index (κ2) is 11.4. The number of aromatic hydroxyl groups is 1. The highest BCUT2D eigenvalue weighted by molar-refractivity contribution is 6.00. The largest absolute Gasteiger partial charge is 0.507 e. The van der Waals surface area contributed by atoms with E-state index in [1.165, 1.54) is 12.1 Å². The fourth-order valence-electron chi connectivity index (χ4n) is 3.77. The number of carboxylic acid groups (broad SMARTS) is 1. The van der Waals surface area contributed by atoms with Crippen molar-refractivity contribution >= 4 is 35.1 Å². The van der Waals surface area contributed by atoms with Crippen LogP contribution < -0.4 is 27.0 Å². The van der Waals surface area contributed by atoms with Crippen LogP contribution in [0.5, 0.6) is 5.75 Å². The summed E-state index contributed by atoms with van der Waals surface area (Å²) in [5.41, 5.74) is 8.41. The van der Waals surface area contributed by atoms with Crippen LogP contribution in [-0.2, 0) is 9.59 Å². The van der Waals surface area contributed by atoms with Crippen molar-refractivity contribution in [1.29, 1.82) is 0 Å². The quantitative estimate of drug-likeness (QED) is 0.266. The number of hydrogen-bond acceptors (Lipinski definition) is 8. The van der Waals surface area contributed by atoms with Crippen LogP contribution in [0.2, 0.25) is 0 Å². The van der Waals surface area contributed by atoms with Crippen LogP contribution in [-0.4, -0.2) is 59.8 Å². The molecule has 0 saturated heterocycles. The number of aliphatic carboxylic acids is 1. The number of alkyl halides is 1. The zero-order chi connectivity index (χ0) is 26.4. The first-order valence-electron chi connectivity index (χ1n) is 11.2. The minimum absolute atomic E-state index is 0.0167. The van der Waals surface area contributed by atoms with Crippen molar-refractivity contribution in [2.24, 2.45) is 4.99 Å². The number of guanidine groups is 1. The molecule has 0 fully saturated rings. The lowest BCUT2D eigenvalue weighted by molar-refractivity contribution is -0.137. The summed E-state index contributed by atoms with van der Waals surface area (Å²) in [6.45, 7) is 3.15. The molecule has 1 aliphatic rings. The molecule has 2 amide bonds. The van der Waals surface area contributed by atoms with Gasteiger partial charge in [0, 0.05) is 22.5 Å². The number of nitrogens with one attached hydrogen (secondary N) is 4. The van der Waals surface area contributed by atoms with Gasteiger partial charge in [0.15, 0.2) is 5.96 Å². The van der Waals surface area contributed by atoms with E-state index in [4.69, 9.17) is 5.73 Å². The average Bonchev–Trinajstić information content (AvgIpc) is 2.80. The maximum atomic E-state index is 13.2. The molecule has 1 heterocycles. The van der Waals surface area contributed by atoms with E-state index in [0.29, 0.717) is 17.2 Å². The molecule has 2 atom stereocenters. The lowest BCUT2D eigenvalue weighted by Crippen LogP contribution is -2.41. The number of nitrogens with zero attached hydrogens (tertiary/aromatic N) is 1. The summed E-state index contributed by atoms with van der Waals surface area (Å²) < 4.78 is 13.2. The number of carbonyl (C=O) groups is 3. The Balaban J connectivity index is 1.66. The smallest absolute Gasteiger partial charge is 0.305 e. The molecule has 0 radical (unpaired) electrons. The van der Waals surface area contributed by atoms with Crippen LogP contribution in [0.25, 0.3) is 0 Å². The Bertz CT molecular complexity index is 1200. The predicted molar refractivity (Wildman–Crippen MR) is 133 cm³/mol. The Morgan fingerprint density at radius 2 is 1.97 bits per heavy atom. The first kappa shape index (κ1) is 26.3. The zero-order valence-corrected chi connectivity index (χ0v) is 19.9. The van der Waals surface area contributed by atoms with Gasteiger partial charge in [-0.2, -0.15) is 0 Å². The molecule has 36 heavy (non-hydrogen) atoms. The van der Waals surface area contributed by atoms with Crippen molar-refractivity contribution < 1.29 is 29.0 Å². The third-order valence-electron chi connectivity index (χ3n) is 5.39. The van der Waals surface area contributed by atoms with Crippen LogP contribution >= 0.6 is 0 Å². The van der Waals surface area contributed by atoms with Crippen LogP contribution in [0.3, 0.4) is 0 Å². The molecule has 3 rings (SSSR count). The van der Waals surface area contributed by atoms with E-state index in [1.807, 2.05) is 0 Å². The van der Waals surface area contributed by atoms with E-state index in [-0.39, 0.29) is 35.7 Å². The number of phenolic OH excluding ortho intramolecular Hbond substituents is 1. The number of rotatable bonds is 8. The van der Waals surface area contributed by atoms with E-state index in [2.05, 4.69) is 26.3 Å². The van der Waals surface area contributed by atoms with Crippen molar-refractivity contribution in [3.05, 3.63) is 52.6 Å². The van der Waals surface area contributed by atoms with Gasteiger partial charge in [0.1, 0.15) is 11.9 Å². The Hall–Kier alpha value is -4.35. The topological polar surface area (TPSA) is 178 Å². The number of amides is 2. The third kappa shape index (κ3) is 7.08. The minimum atomic E-state index is -1.17. The fraction of sp³-hybridized carbons (Fsp3) is 0.333. The molecule has 2 aromatic carbocycles. The van der Waals surface area contributed by atoms with E-state index in [9.17, 15) is 29.0 Å². The highest BCUT2D eigenvalue weighted by atomic mass is 19.1. The molecule has 12 heteroatoms. The van der Waals surface area contributed by atoms with E-state index in [0.717, 1.165) is 5.56 Å². The summed E-state index contributed by atoms with van der Waals surface area (Å²) in [5.74, 6) is -2.15. The number of nitrogens with two attached hydrogens (primary N) is 1. The lowest BCUT2D eigenvalue weighted by Gasteiger charge is -2.20. The zero-order valence-electron chi connectivity index (χ0n) is 19.9. The number of nitrogen functional groups attached to an aromatic ring is 1. The molecule has 0 aliphatic carbocycles. The lowest BCUT2D eigenvalue weighted by atomic mass is 9.97. The SMILES string of the molecule is Cc1cc(C)c(O)c([C@@H](CC(=O)O)NC(=O)CNC(=O)c2cc(N)cc(NC3=NCC(F)CN3)c2)c1. The van der Waals surface area contributed by atoms with Crippen LogP contribution in [0.4, 0.5) is 15.8 Å². The highest BCUT2D eigenvalue weighted by Gasteiger charge is 2.23. The molecule has 0 bridgehead atoms. The van der Waals surface area contributed by atoms with Gasteiger partial charge in [0.05, 0.1) is 32.1 Å². The molecule has 1 aliphatic heterocycles. The minimum Gasteiger partial charge on any atom is -0.507 e. The standard InChI is InChI=1S/C24H29FN6O5/c1-12-3-13(2)22(35)18(4-12)19(8-21(33)34)31-20(32)11-27-23(36)14-5-16(26)7-17(6-14)30-24-28-9-15(25)10-29-24/h3-7,15,19,35H,8-11,26H2,1-2H3,(H,27,36)(H,31,32)(H,33,34)(H2,28,29,30)/t19-/m1/s1. The average molecular weight is 501 g/mol. The molecule has 8 N–H and O–H groups in total. The van der Waals surface area contributed by atoms with Gasteiger partial charge in [-0.05, 0) is 37.6 Å². The summed E-state index contributed by atoms with van der Waals surface area (Å²) in [6.07, 6.45) is -1.53. The number of halogens is 1. The predicted octanol–water partition coefficient (Wildman–Crippen LogP) is 1.36. The molecule has 2 aromatic rings. The number of aryl methyl sites for hydroxylation is 2. The molecule has 0 spiro atoms. The van der Waals surface area contributed by atoms with E-state index < -0.39 is 43.0 Å². The molecule has 0 saturated carbocycles. The van der Waals surface area contributed by atoms with E-state index >= 15 is 0 Å². The molecular weight excluding hydrogens is 471 g/mol. The highest BCUT2D eigenvalue weighted by Crippen LogP contribution is 2.31. The second-order valence-corrected chi connectivity index (χ2v) is 8.56. The molecule has 1 unspecified atom stereocenters. The molecule has 0 aromatic heterocycles. The molecule has 11 nitrogen and oxygen atoms in total. The van der Waals surface area contributed by atoms with Gasteiger partial charge in [-0.3, -0.25) is 14.4 Å². The van der Waals surface area contributed by atoms with Gasteiger partial charge in [0.25, 0.3) is 5.91 Å². The van der Waals surface area contributed by atoms with Crippen molar-refractivity contribution in [2.75, 3.05) is 30.7 Å². The number of phenols is 1. The third-order valence-corrected chi connectivity index (χ3v) is 5.39. The molecular formula is C24H29FN6O5. The molecule has 192 valence electrons. The number of carbonyl (C=O) groups excluding carboxylic acids is 2. The second-order valence-electron chi connectivity index (χ2n) is 8.56. The Morgan fingerprint density at radius 1 is 1.22 bits per heavy atom. The van der Waals surface area contributed by atoms with Crippen molar-refractivity contribution in [1.82, 2.24) is 16.0 Å². The van der Waals surface area contributed by atoms with Crippen LogP contribution in [0.1, 0.15) is 39.5 Å². The van der Waals surface area contributed by atoms with Crippen molar-refractivity contribution in [2.45, 2.75) is 32.5 Å². The van der Waals surface area contributed by atoms with Gasteiger partial charge >= 0.3 is 5.97 Å². The van der Waals surface area contributed by atoms with Gasteiger partial charge in [-0.15, -0.1) is 0 Å². The van der Waals surface area contributed by atoms with Crippen molar-refractivity contribution in [3.63, 3.8) is 0 Å². The maximum Gasteiger partial charge on any atom is 0.305 e. The summed E-state index contributed by atoms with van der Waals surface area (Å²) in [6, 6.07) is 6.84. The number of aliphatic imine (C=N–C) groups is 1. The van der Waals surface area contributed by atoms with Gasteiger partial charge in [-0.1, -0.05) is 17.7 Å². The summed E-state index contributed by atoms with van der Waals surface area (Å²) in [4.78, 5) is 40.6. The number of hydrogen-bond donors (Lipinski definition) is 7. The van der Waals surface area contributed by atoms with Gasteiger partial charge in [0.2, 0.25) is 5.91 Å². The Labute approximate surface area is 207 Å². The number of carboxylic acids is 1. The number of benzene rings is 2. The maximum absolute atomic E-state index is 13.2. The fourth-order valence-corrected chi connectivity index (χ4v) is 3.77. The van der Waals surface area contributed by atoms with Crippen molar-refractivity contribution in [3.8, 4) is 5.75 Å². The van der Waals surface area contributed by atoms with E-state index in [1.54, 1.807) is 32.0 Å². The van der Waals surface area contributed by atoms with Gasteiger partial charge < -0.3 is 37.2 Å². The van der Waals surface area contributed by atoms with Crippen LogP contribution in [0, 0.1) is 13.8 Å². The number of anilines is 2. The summed E-state index contributed by atoms with van der Waals surface area (Å²) in [5, 5.41) is 30.4. The monoisotopic (exact) mass is 500 g/mol. The summed E-state index contributed by atoms with van der Waals surface area (Å²) >= 11 is 0. The first-order valence-corrected chi connectivity index (χ1v) is 11.2. The van der Waals surface area contributed by atoms with Crippen LogP contribution in [0.15, 0.2) is 35.3 Å². The Morgan fingerprint density at radius 3 is 2.64 bits per heavy atom. The van der Waals surface area contributed by atoms with Gasteiger partial charge in [-0.25, -0.2) is 9.38 Å². The first-order chi connectivity index (χ1) is 17.0. The normalized spacial score (nSPS) is 15.8. The Kier molecular flexibility index (Phi) is 8.30.